The van der Waals surface area contributed by atoms with E-state index < -0.39 is 0 Å². The quantitative estimate of drug-likeness (QED) is 0.673. The summed E-state index contributed by atoms with van der Waals surface area (Å²) in [6.45, 7) is 4.29. The monoisotopic (exact) mass is 165 g/mol. The zero-order valence-corrected chi connectivity index (χ0v) is 7.67. The molecule has 1 unspecified atom stereocenters. The number of nitrogens with one attached hydrogen (secondary N) is 1. The minimum absolute atomic E-state index is 0.620. The molecule has 0 aliphatic carbocycles. The minimum Gasteiger partial charge on any atom is -0.312 e. The van der Waals surface area contributed by atoms with Gasteiger partial charge in [-0.1, -0.05) is 6.92 Å². The highest BCUT2D eigenvalue weighted by Gasteiger charge is 2.21. The molecule has 3 heteroatoms. The molecular formula is C9H15N3. The van der Waals surface area contributed by atoms with Gasteiger partial charge in [0, 0.05) is 37.8 Å². The highest BCUT2D eigenvalue weighted by molar-refractivity contribution is 5.23. The van der Waals surface area contributed by atoms with Gasteiger partial charge in [-0.05, 0) is 6.42 Å². The number of aryl methyl sites for hydroxylation is 1. The molecule has 0 radical (unpaired) electrons. The molecule has 1 aliphatic rings. The van der Waals surface area contributed by atoms with E-state index in [4.69, 9.17) is 0 Å². The third kappa shape index (κ3) is 1.14. The van der Waals surface area contributed by atoms with Crippen LogP contribution in [0.1, 0.15) is 30.5 Å². The first-order valence-corrected chi connectivity index (χ1v) is 4.54. The summed E-state index contributed by atoms with van der Waals surface area (Å²) < 4.78 is 1.92. The second-order valence-electron chi connectivity index (χ2n) is 3.45. The summed E-state index contributed by atoms with van der Waals surface area (Å²) in [4.78, 5) is 0. The lowest BCUT2D eigenvalue weighted by Gasteiger charge is -2.20. The van der Waals surface area contributed by atoms with Crippen LogP contribution < -0.4 is 5.32 Å². The van der Waals surface area contributed by atoms with Gasteiger partial charge in [-0.3, -0.25) is 4.68 Å². The van der Waals surface area contributed by atoms with Gasteiger partial charge in [0.25, 0.3) is 0 Å². The Morgan fingerprint density at radius 1 is 1.75 bits per heavy atom. The number of nitrogens with zero attached hydrogens (tertiary/aromatic N) is 2. The second-order valence-corrected chi connectivity index (χ2v) is 3.45. The largest absolute Gasteiger partial charge is 0.312 e. The van der Waals surface area contributed by atoms with E-state index >= 15 is 0 Å². The SMILES string of the molecule is CCC1CNCc2cn(C)nc21. The molecule has 66 valence electrons. The van der Waals surface area contributed by atoms with Crippen molar-refractivity contribution in [2.45, 2.75) is 25.8 Å². The molecule has 0 spiro atoms. The summed E-state index contributed by atoms with van der Waals surface area (Å²) in [5, 5.41) is 7.88. The van der Waals surface area contributed by atoms with Crippen molar-refractivity contribution in [1.29, 1.82) is 0 Å². The first-order chi connectivity index (χ1) is 5.81. The van der Waals surface area contributed by atoms with Crippen molar-refractivity contribution in [1.82, 2.24) is 15.1 Å². The zero-order valence-electron chi connectivity index (χ0n) is 7.67. The fourth-order valence-corrected chi connectivity index (χ4v) is 1.85. The predicted molar refractivity (Wildman–Crippen MR) is 47.9 cm³/mol. The second kappa shape index (κ2) is 2.90. The Morgan fingerprint density at radius 3 is 3.33 bits per heavy atom. The third-order valence-electron chi connectivity index (χ3n) is 2.52. The van der Waals surface area contributed by atoms with Crippen molar-refractivity contribution in [2.75, 3.05) is 6.54 Å². The van der Waals surface area contributed by atoms with Crippen molar-refractivity contribution in [3.63, 3.8) is 0 Å². The summed E-state index contributed by atoms with van der Waals surface area (Å²) >= 11 is 0. The van der Waals surface area contributed by atoms with Gasteiger partial charge >= 0.3 is 0 Å². The van der Waals surface area contributed by atoms with Crippen LogP contribution in [0.15, 0.2) is 6.20 Å². The van der Waals surface area contributed by atoms with Crippen LogP contribution in [0.2, 0.25) is 0 Å². The summed E-state index contributed by atoms with van der Waals surface area (Å²) in [7, 11) is 1.99. The van der Waals surface area contributed by atoms with Gasteiger partial charge in [-0.25, -0.2) is 0 Å². The highest BCUT2D eigenvalue weighted by atomic mass is 15.3. The van der Waals surface area contributed by atoms with Crippen LogP contribution in [0.4, 0.5) is 0 Å². The van der Waals surface area contributed by atoms with E-state index in [1.807, 2.05) is 11.7 Å². The summed E-state index contributed by atoms with van der Waals surface area (Å²) in [5.74, 6) is 0.620. The molecule has 3 nitrogen and oxygen atoms in total. The predicted octanol–water partition coefficient (Wildman–Crippen LogP) is 1.02. The molecule has 2 rings (SSSR count). The lowest BCUT2D eigenvalue weighted by Crippen LogP contribution is -2.27. The molecule has 1 N–H and O–H groups in total. The van der Waals surface area contributed by atoms with Gasteiger partial charge in [0.2, 0.25) is 0 Å². The topological polar surface area (TPSA) is 29.9 Å². The maximum absolute atomic E-state index is 4.48. The Labute approximate surface area is 72.8 Å². The molecule has 12 heavy (non-hydrogen) atoms. The fourth-order valence-electron chi connectivity index (χ4n) is 1.85. The van der Waals surface area contributed by atoms with Crippen LogP contribution >= 0.6 is 0 Å². The average molecular weight is 165 g/mol. The Kier molecular flexibility index (Phi) is 1.89. The normalized spacial score (nSPS) is 22.3. The summed E-state index contributed by atoms with van der Waals surface area (Å²) in [6.07, 6.45) is 3.29. The molecular weight excluding hydrogens is 150 g/mol. The smallest absolute Gasteiger partial charge is 0.0712 e. The molecule has 1 aromatic rings. The molecule has 0 aromatic carbocycles. The van der Waals surface area contributed by atoms with Crippen LogP contribution in [0.3, 0.4) is 0 Å². The highest BCUT2D eigenvalue weighted by Crippen LogP contribution is 2.24. The molecule has 2 heterocycles. The van der Waals surface area contributed by atoms with Crippen LogP contribution in [0.5, 0.6) is 0 Å². The van der Waals surface area contributed by atoms with Gasteiger partial charge < -0.3 is 5.32 Å². The summed E-state index contributed by atoms with van der Waals surface area (Å²) in [6, 6.07) is 0. The molecule has 1 aromatic heterocycles. The first-order valence-electron chi connectivity index (χ1n) is 4.54. The minimum atomic E-state index is 0.620. The third-order valence-corrected chi connectivity index (χ3v) is 2.52. The van der Waals surface area contributed by atoms with E-state index in [0.717, 1.165) is 13.1 Å². The van der Waals surface area contributed by atoms with E-state index in [9.17, 15) is 0 Å². The molecule has 0 saturated heterocycles. The van der Waals surface area contributed by atoms with E-state index in [1.54, 1.807) is 0 Å². The number of fused-ring (bicyclic) bond motifs is 1. The van der Waals surface area contributed by atoms with Crippen molar-refractivity contribution >= 4 is 0 Å². The van der Waals surface area contributed by atoms with Gasteiger partial charge in [0.15, 0.2) is 0 Å². The van der Waals surface area contributed by atoms with Crippen molar-refractivity contribution in [2.24, 2.45) is 7.05 Å². The van der Waals surface area contributed by atoms with E-state index in [0.29, 0.717) is 5.92 Å². The standard InChI is InChI=1S/C9H15N3/c1-3-7-4-10-5-8-6-12(2)11-9(7)8/h6-7,10H,3-5H2,1-2H3. The lowest BCUT2D eigenvalue weighted by molar-refractivity contribution is 0.517. The maximum atomic E-state index is 4.48. The van der Waals surface area contributed by atoms with Crippen LogP contribution in [-0.4, -0.2) is 16.3 Å². The van der Waals surface area contributed by atoms with Crippen molar-refractivity contribution in [3.8, 4) is 0 Å². The molecule has 0 saturated carbocycles. The number of hydrogen-bond acceptors (Lipinski definition) is 2. The molecule has 0 amide bonds. The van der Waals surface area contributed by atoms with E-state index in [2.05, 4.69) is 23.5 Å². The fraction of sp³-hybridized carbons (Fsp3) is 0.667. The van der Waals surface area contributed by atoms with Crippen molar-refractivity contribution < 1.29 is 0 Å². The zero-order chi connectivity index (χ0) is 8.55. The average Bonchev–Trinajstić information content (AvgIpc) is 2.44. The maximum Gasteiger partial charge on any atom is 0.0712 e. The Balaban J connectivity index is 2.36. The molecule has 1 aliphatic heterocycles. The Morgan fingerprint density at radius 2 is 2.58 bits per heavy atom. The molecule has 0 fully saturated rings. The van der Waals surface area contributed by atoms with Crippen LogP contribution in [0.25, 0.3) is 0 Å². The van der Waals surface area contributed by atoms with Crippen LogP contribution in [-0.2, 0) is 13.6 Å². The van der Waals surface area contributed by atoms with Crippen molar-refractivity contribution in [3.05, 3.63) is 17.5 Å². The molecule has 1 atom stereocenters. The number of aromatic nitrogens is 2. The molecule has 0 bridgehead atoms. The Hall–Kier alpha value is -0.830. The van der Waals surface area contributed by atoms with Gasteiger partial charge in [0.05, 0.1) is 5.69 Å². The number of hydrogen-bond donors (Lipinski definition) is 1. The van der Waals surface area contributed by atoms with Gasteiger partial charge in [-0.2, -0.15) is 5.10 Å². The van der Waals surface area contributed by atoms with Gasteiger partial charge in [-0.15, -0.1) is 0 Å². The number of rotatable bonds is 1. The summed E-state index contributed by atoms with van der Waals surface area (Å²) in [5.41, 5.74) is 2.68. The van der Waals surface area contributed by atoms with E-state index in [1.165, 1.54) is 17.7 Å². The Bertz CT molecular complexity index is 277. The van der Waals surface area contributed by atoms with Crippen LogP contribution in [0, 0.1) is 0 Å². The van der Waals surface area contributed by atoms with Gasteiger partial charge in [0.1, 0.15) is 0 Å². The van der Waals surface area contributed by atoms with E-state index in [-0.39, 0.29) is 0 Å². The lowest BCUT2D eigenvalue weighted by atomic mass is 9.96. The first kappa shape index (κ1) is 7.80.